The van der Waals surface area contributed by atoms with Gasteiger partial charge in [0.1, 0.15) is 11.9 Å². The van der Waals surface area contributed by atoms with Gasteiger partial charge in [-0.2, -0.15) is 5.26 Å². The third kappa shape index (κ3) is 6.77. The van der Waals surface area contributed by atoms with Gasteiger partial charge in [0, 0.05) is 0 Å². The average Bonchev–Trinajstić information content (AvgIpc) is 2.87. The maximum Gasteiger partial charge on any atom is 0.261 e. The van der Waals surface area contributed by atoms with Gasteiger partial charge >= 0.3 is 0 Å². The van der Waals surface area contributed by atoms with Gasteiger partial charge in [-0.05, 0) is 39.2 Å². The molecule has 0 aromatic heterocycles. The van der Waals surface area contributed by atoms with Crippen LogP contribution in [0.1, 0.15) is 31.9 Å². The molecular formula is C30H34FNO3Si. The first kappa shape index (κ1) is 27.5. The highest BCUT2D eigenvalue weighted by molar-refractivity contribution is 6.99. The van der Waals surface area contributed by atoms with Gasteiger partial charge in [0.15, 0.2) is 0 Å². The highest BCUT2D eigenvalue weighted by Gasteiger charge is 2.50. The lowest BCUT2D eigenvalue weighted by molar-refractivity contribution is -0.0417. The van der Waals surface area contributed by atoms with Crippen molar-refractivity contribution in [2.45, 2.75) is 38.5 Å². The molecule has 0 bridgehead atoms. The van der Waals surface area contributed by atoms with Crippen LogP contribution in [0.2, 0.25) is 5.04 Å². The van der Waals surface area contributed by atoms with Crippen molar-refractivity contribution in [3.63, 3.8) is 0 Å². The zero-order valence-corrected chi connectivity index (χ0v) is 22.2. The van der Waals surface area contributed by atoms with Gasteiger partial charge in [-0.1, -0.05) is 87.5 Å². The second-order valence-electron chi connectivity index (χ2n) is 9.69. The summed E-state index contributed by atoms with van der Waals surface area (Å²) < 4.78 is 32.8. The second-order valence-corrected chi connectivity index (χ2v) is 14.0. The van der Waals surface area contributed by atoms with Crippen LogP contribution in [-0.2, 0) is 20.5 Å². The van der Waals surface area contributed by atoms with Crippen molar-refractivity contribution >= 4 is 18.7 Å². The van der Waals surface area contributed by atoms with Gasteiger partial charge in [0.05, 0.1) is 38.1 Å². The summed E-state index contributed by atoms with van der Waals surface area (Å²) in [5.41, 5.74) is 0.849. The number of nitriles is 1. The van der Waals surface area contributed by atoms with Gasteiger partial charge in [-0.3, -0.25) is 0 Å². The molecule has 0 spiro atoms. The van der Waals surface area contributed by atoms with Crippen LogP contribution in [0.5, 0.6) is 0 Å². The van der Waals surface area contributed by atoms with Gasteiger partial charge in [-0.25, -0.2) is 4.39 Å². The lowest BCUT2D eigenvalue weighted by atomic mass is 10.1. The minimum Gasteiger partial charge on any atom is -0.405 e. The van der Waals surface area contributed by atoms with Crippen molar-refractivity contribution in [3.8, 4) is 6.07 Å². The van der Waals surface area contributed by atoms with Crippen LogP contribution in [0.15, 0.2) is 91.5 Å². The molecule has 1 atom stereocenters. The summed E-state index contributed by atoms with van der Waals surface area (Å²) in [6.07, 6.45) is 1.28. The smallest absolute Gasteiger partial charge is 0.261 e. The van der Waals surface area contributed by atoms with Crippen LogP contribution in [0.4, 0.5) is 4.39 Å². The van der Waals surface area contributed by atoms with Crippen molar-refractivity contribution in [1.82, 2.24) is 0 Å². The molecule has 6 heteroatoms. The van der Waals surface area contributed by atoms with E-state index in [4.69, 9.17) is 13.9 Å². The molecule has 36 heavy (non-hydrogen) atoms. The fourth-order valence-corrected chi connectivity index (χ4v) is 9.01. The van der Waals surface area contributed by atoms with Crippen LogP contribution in [0.25, 0.3) is 0 Å². The maximum atomic E-state index is 13.9. The molecule has 0 heterocycles. The molecule has 0 fully saturated rings. The first-order valence-electron chi connectivity index (χ1n) is 12.0. The number of ether oxygens (including phenoxy) is 2. The molecule has 0 saturated carbocycles. The summed E-state index contributed by atoms with van der Waals surface area (Å²) in [5.74, 6) is -0.462. The van der Waals surface area contributed by atoms with E-state index in [0.29, 0.717) is 25.4 Å². The molecule has 188 valence electrons. The van der Waals surface area contributed by atoms with E-state index in [9.17, 15) is 9.65 Å². The van der Waals surface area contributed by atoms with E-state index in [-0.39, 0.29) is 17.2 Å². The molecule has 3 aromatic rings. The van der Waals surface area contributed by atoms with E-state index >= 15 is 0 Å². The normalized spacial score (nSPS) is 12.6. The lowest BCUT2D eigenvalue weighted by Crippen LogP contribution is -2.67. The van der Waals surface area contributed by atoms with Gasteiger partial charge < -0.3 is 13.9 Å². The molecule has 3 aromatic carbocycles. The quantitative estimate of drug-likeness (QED) is 0.190. The Labute approximate surface area is 215 Å². The van der Waals surface area contributed by atoms with Crippen molar-refractivity contribution in [1.29, 1.82) is 5.26 Å². The standard InChI is InChI=1S/C30H34FNO3Si/c1-5-16-33-22-27(34-21-25-17-24(20-32)18-26(31)19-25)23-35-36(30(2,3)4,28-12-8-6-9-13-28)29-14-10-7-11-15-29/h5-15,17-19,27H,1,16,21-23H2,2-4H3/t27-/m1/s1. The predicted octanol–water partition coefficient (Wildman–Crippen LogP) is 5.36. The zero-order chi connectivity index (χ0) is 26.0. The van der Waals surface area contributed by atoms with Gasteiger partial charge in [-0.15, -0.1) is 6.58 Å². The monoisotopic (exact) mass is 503 g/mol. The van der Waals surface area contributed by atoms with E-state index in [1.807, 2.05) is 42.5 Å². The minimum absolute atomic E-state index is 0.138. The molecule has 0 N–H and O–H groups in total. The first-order valence-corrected chi connectivity index (χ1v) is 14.0. The summed E-state index contributed by atoms with van der Waals surface area (Å²) in [6, 6.07) is 27.0. The second kappa shape index (κ2) is 12.7. The number of benzene rings is 3. The fourth-order valence-electron chi connectivity index (χ4n) is 4.42. The molecule has 0 radical (unpaired) electrons. The highest BCUT2D eigenvalue weighted by Crippen LogP contribution is 2.37. The van der Waals surface area contributed by atoms with E-state index < -0.39 is 20.2 Å². The summed E-state index contributed by atoms with van der Waals surface area (Å²) in [5, 5.41) is 11.4. The Morgan fingerprint density at radius 2 is 1.58 bits per heavy atom. The van der Waals surface area contributed by atoms with Crippen molar-refractivity contribution in [2.24, 2.45) is 0 Å². The number of hydrogen-bond acceptors (Lipinski definition) is 4. The van der Waals surface area contributed by atoms with E-state index in [1.54, 1.807) is 12.1 Å². The summed E-state index contributed by atoms with van der Waals surface area (Å²) >= 11 is 0. The Morgan fingerprint density at radius 1 is 0.972 bits per heavy atom. The van der Waals surface area contributed by atoms with E-state index in [0.717, 1.165) is 0 Å². The largest absolute Gasteiger partial charge is 0.405 e. The molecule has 0 aliphatic rings. The lowest BCUT2D eigenvalue weighted by Gasteiger charge is -2.43. The predicted molar refractivity (Wildman–Crippen MR) is 144 cm³/mol. The Bertz CT molecular complexity index is 1120. The van der Waals surface area contributed by atoms with E-state index in [1.165, 1.54) is 22.5 Å². The highest BCUT2D eigenvalue weighted by atomic mass is 28.4. The van der Waals surface area contributed by atoms with E-state index in [2.05, 4.69) is 51.6 Å². The zero-order valence-electron chi connectivity index (χ0n) is 21.2. The van der Waals surface area contributed by atoms with Crippen LogP contribution in [-0.4, -0.2) is 34.2 Å². The SMILES string of the molecule is C=CCOC[C@H](CO[Si](c1ccccc1)(c1ccccc1)C(C)(C)C)OCc1cc(F)cc(C#N)c1. The molecule has 0 aliphatic carbocycles. The Hall–Kier alpha value is -3.08. The summed E-state index contributed by atoms with van der Waals surface area (Å²) in [6.45, 7) is 11.5. The van der Waals surface area contributed by atoms with Gasteiger partial charge in [0.2, 0.25) is 0 Å². The minimum atomic E-state index is -2.75. The Kier molecular flexibility index (Phi) is 9.74. The van der Waals surface area contributed by atoms with Crippen LogP contribution in [0.3, 0.4) is 0 Å². The number of nitrogens with zero attached hydrogens (tertiary/aromatic N) is 1. The third-order valence-electron chi connectivity index (χ3n) is 6.01. The average molecular weight is 504 g/mol. The number of rotatable bonds is 12. The molecular weight excluding hydrogens is 469 g/mol. The van der Waals surface area contributed by atoms with Crippen LogP contribution in [0, 0.1) is 17.1 Å². The molecule has 0 amide bonds. The molecule has 4 nitrogen and oxygen atoms in total. The van der Waals surface area contributed by atoms with Crippen molar-refractivity contribution < 1.29 is 18.3 Å². The molecule has 0 saturated heterocycles. The van der Waals surface area contributed by atoms with Crippen molar-refractivity contribution in [2.75, 3.05) is 19.8 Å². The summed E-state index contributed by atoms with van der Waals surface area (Å²) in [7, 11) is -2.75. The number of hydrogen-bond donors (Lipinski definition) is 0. The van der Waals surface area contributed by atoms with Crippen LogP contribution >= 0.6 is 0 Å². The molecule has 0 aliphatic heterocycles. The van der Waals surface area contributed by atoms with Crippen molar-refractivity contribution in [3.05, 3.63) is 108 Å². The molecule has 0 unspecified atom stereocenters. The van der Waals surface area contributed by atoms with Crippen LogP contribution < -0.4 is 10.4 Å². The fraction of sp³-hybridized carbons (Fsp3) is 0.300. The molecule has 3 rings (SSSR count). The van der Waals surface area contributed by atoms with Gasteiger partial charge in [0.25, 0.3) is 8.32 Å². The Morgan fingerprint density at radius 3 is 2.11 bits per heavy atom. The Balaban J connectivity index is 1.91. The number of halogens is 1. The maximum absolute atomic E-state index is 13.9. The summed E-state index contributed by atoms with van der Waals surface area (Å²) in [4.78, 5) is 0. The third-order valence-corrected chi connectivity index (χ3v) is 11.0. The topological polar surface area (TPSA) is 51.5 Å². The first-order chi connectivity index (χ1) is 17.3.